The van der Waals surface area contributed by atoms with E-state index in [4.69, 9.17) is 0 Å². The van der Waals surface area contributed by atoms with Crippen molar-refractivity contribution in [1.82, 2.24) is 9.88 Å². The zero-order valence-corrected chi connectivity index (χ0v) is 12.9. The number of benzene rings is 1. The highest BCUT2D eigenvalue weighted by Gasteiger charge is 2.10. The molecule has 0 aliphatic heterocycles. The topological polar surface area (TPSA) is 33.2 Å². The quantitative estimate of drug-likeness (QED) is 0.763. The van der Waals surface area contributed by atoms with Crippen LogP contribution in [0.15, 0.2) is 28.6 Å². The molecule has 1 aromatic heterocycles. The molecule has 0 saturated carbocycles. The molecule has 2 rings (SSSR count). The fourth-order valence-electron chi connectivity index (χ4n) is 1.87. The van der Waals surface area contributed by atoms with Crippen molar-refractivity contribution < 1.29 is 4.79 Å². The summed E-state index contributed by atoms with van der Waals surface area (Å²) in [7, 11) is 0. The lowest BCUT2D eigenvalue weighted by Gasteiger charge is -2.17. The van der Waals surface area contributed by atoms with E-state index >= 15 is 0 Å². The highest BCUT2D eigenvalue weighted by Crippen LogP contribution is 2.29. The maximum atomic E-state index is 11.9. The highest BCUT2D eigenvalue weighted by molar-refractivity contribution is 8.01. The Morgan fingerprint density at radius 3 is 2.74 bits per heavy atom. The van der Waals surface area contributed by atoms with Crippen LogP contribution in [0.25, 0.3) is 10.2 Å². The highest BCUT2D eigenvalue weighted by atomic mass is 32.2. The molecule has 1 heterocycles. The van der Waals surface area contributed by atoms with Gasteiger partial charge in [-0.15, -0.1) is 11.3 Å². The first kappa shape index (κ1) is 14.3. The lowest BCUT2D eigenvalue weighted by molar-refractivity contribution is -0.130. The summed E-state index contributed by atoms with van der Waals surface area (Å²) in [4.78, 5) is 18.3. The SMILES string of the molecule is CCN(CC)C(=O)CCSc1nc2ccccc2s1. The summed E-state index contributed by atoms with van der Waals surface area (Å²) in [5.74, 6) is 1.04. The van der Waals surface area contributed by atoms with Crippen LogP contribution in [0.2, 0.25) is 0 Å². The molecule has 3 nitrogen and oxygen atoms in total. The maximum Gasteiger partial charge on any atom is 0.223 e. The second-order valence-corrected chi connectivity index (χ2v) is 6.48. The van der Waals surface area contributed by atoms with Gasteiger partial charge in [0.05, 0.1) is 10.2 Å². The van der Waals surface area contributed by atoms with Crippen LogP contribution in [-0.4, -0.2) is 34.6 Å². The smallest absolute Gasteiger partial charge is 0.223 e. The summed E-state index contributed by atoms with van der Waals surface area (Å²) in [5.41, 5.74) is 1.05. The monoisotopic (exact) mass is 294 g/mol. The minimum atomic E-state index is 0.235. The van der Waals surface area contributed by atoms with Crippen molar-refractivity contribution in [2.45, 2.75) is 24.6 Å². The number of hydrogen-bond acceptors (Lipinski definition) is 4. The molecule has 102 valence electrons. The number of fused-ring (bicyclic) bond motifs is 1. The average Bonchev–Trinajstić information content (AvgIpc) is 2.82. The zero-order valence-electron chi connectivity index (χ0n) is 11.3. The first-order valence-electron chi connectivity index (χ1n) is 6.50. The molecule has 0 spiro atoms. The van der Waals surface area contributed by atoms with Crippen LogP contribution in [0.1, 0.15) is 20.3 Å². The average molecular weight is 294 g/mol. The van der Waals surface area contributed by atoms with Crippen molar-refractivity contribution in [2.75, 3.05) is 18.8 Å². The Labute approximate surface area is 122 Å². The van der Waals surface area contributed by atoms with Gasteiger partial charge in [-0.1, -0.05) is 23.9 Å². The molecule has 19 heavy (non-hydrogen) atoms. The first-order valence-corrected chi connectivity index (χ1v) is 8.31. The molecule has 0 unspecified atom stereocenters. The summed E-state index contributed by atoms with van der Waals surface area (Å²) in [6.07, 6.45) is 0.586. The van der Waals surface area contributed by atoms with Gasteiger partial charge in [0.2, 0.25) is 5.91 Å². The van der Waals surface area contributed by atoms with Gasteiger partial charge in [0.15, 0.2) is 4.34 Å². The Morgan fingerprint density at radius 1 is 1.32 bits per heavy atom. The van der Waals surface area contributed by atoms with Crippen molar-refractivity contribution in [3.63, 3.8) is 0 Å². The van der Waals surface area contributed by atoms with Crippen molar-refractivity contribution in [3.05, 3.63) is 24.3 Å². The van der Waals surface area contributed by atoms with Gasteiger partial charge < -0.3 is 4.90 Å². The number of thioether (sulfide) groups is 1. The molecule has 2 aromatic rings. The second-order valence-electron chi connectivity index (χ2n) is 4.11. The Kier molecular flexibility index (Phi) is 5.22. The minimum absolute atomic E-state index is 0.235. The third-order valence-corrected chi connectivity index (χ3v) is 5.11. The van der Waals surface area contributed by atoms with Crippen molar-refractivity contribution in [1.29, 1.82) is 0 Å². The number of amides is 1. The van der Waals surface area contributed by atoms with E-state index in [1.807, 2.05) is 36.9 Å². The predicted molar refractivity (Wildman–Crippen MR) is 82.9 cm³/mol. The maximum absolute atomic E-state index is 11.9. The van der Waals surface area contributed by atoms with E-state index in [1.165, 1.54) is 4.70 Å². The van der Waals surface area contributed by atoms with Crippen LogP contribution in [0.4, 0.5) is 0 Å². The molecular weight excluding hydrogens is 276 g/mol. The van der Waals surface area contributed by atoms with Gasteiger partial charge in [0.25, 0.3) is 0 Å². The molecule has 0 atom stereocenters. The number of carbonyl (C=O) groups is 1. The van der Waals surface area contributed by atoms with Gasteiger partial charge in [-0.3, -0.25) is 4.79 Å². The summed E-state index contributed by atoms with van der Waals surface area (Å²) in [5, 5.41) is 0. The van der Waals surface area contributed by atoms with E-state index in [0.717, 1.165) is 28.7 Å². The molecule has 0 N–H and O–H groups in total. The van der Waals surface area contributed by atoms with Crippen LogP contribution in [0, 0.1) is 0 Å². The van der Waals surface area contributed by atoms with Crippen LogP contribution < -0.4 is 0 Å². The van der Waals surface area contributed by atoms with E-state index in [2.05, 4.69) is 11.1 Å². The van der Waals surface area contributed by atoms with E-state index in [9.17, 15) is 4.79 Å². The lowest BCUT2D eigenvalue weighted by atomic mass is 10.3. The molecule has 1 aromatic carbocycles. The van der Waals surface area contributed by atoms with E-state index in [1.54, 1.807) is 23.1 Å². The Morgan fingerprint density at radius 2 is 2.05 bits per heavy atom. The van der Waals surface area contributed by atoms with Crippen LogP contribution in [0.3, 0.4) is 0 Å². The Bertz CT molecular complexity index is 516. The molecule has 0 radical (unpaired) electrons. The number of hydrogen-bond donors (Lipinski definition) is 0. The zero-order chi connectivity index (χ0) is 13.7. The van der Waals surface area contributed by atoms with Gasteiger partial charge in [0, 0.05) is 25.3 Å². The minimum Gasteiger partial charge on any atom is -0.343 e. The molecule has 0 fully saturated rings. The first-order chi connectivity index (χ1) is 9.24. The van der Waals surface area contributed by atoms with Gasteiger partial charge in [-0.25, -0.2) is 4.98 Å². The molecule has 0 saturated heterocycles. The largest absolute Gasteiger partial charge is 0.343 e. The number of aromatic nitrogens is 1. The van der Waals surface area contributed by atoms with E-state index in [0.29, 0.717) is 6.42 Å². The number of para-hydroxylation sites is 1. The number of rotatable bonds is 6. The van der Waals surface area contributed by atoms with E-state index in [-0.39, 0.29) is 5.91 Å². The van der Waals surface area contributed by atoms with E-state index < -0.39 is 0 Å². The summed E-state index contributed by atoms with van der Waals surface area (Å²) in [6.45, 7) is 5.62. The van der Waals surface area contributed by atoms with Gasteiger partial charge in [-0.2, -0.15) is 0 Å². The lowest BCUT2D eigenvalue weighted by Crippen LogP contribution is -2.30. The van der Waals surface area contributed by atoms with Crippen LogP contribution in [-0.2, 0) is 4.79 Å². The third-order valence-electron chi connectivity index (χ3n) is 2.93. The predicted octanol–water partition coefficient (Wildman–Crippen LogP) is 3.65. The number of nitrogens with zero attached hydrogens (tertiary/aromatic N) is 2. The standard InChI is InChI=1S/C14H18N2OS2/c1-3-16(4-2)13(17)9-10-18-14-15-11-7-5-6-8-12(11)19-14/h5-8H,3-4,9-10H2,1-2H3. The molecule has 0 aliphatic rings. The third kappa shape index (κ3) is 3.70. The summed E-state index contributed by atoms with van der Waals surface area (Å²) >= 11 is 3.37. The Balaban J connectivity index is 1.87. The van der Waals surface area contributed by atoms with Gasteiger partial charge in [-0.05, 0) is 26.0 Å². The summed E-state index contributed by atoms with van der Waals surface area (Å²) < 4.78 is 2.26. The van der Waals surface area contributed by atoms with Crippen LogP contribution >= 0.6 is 23.1 Å². The molecule has 0 bridgehead atoms. The van der Waals surface area contributed by atoms with Gasteiger partial charge in [0.1, 0.15) is 0 Å². The molecule has 5 heteroatoms. The van der Waals surface area contributed by atoms with Crippen molar-refractivity contribution in [2.24, 2.45) is 0 Å². The van der Waals surface area contributed by atoms with Gasteiger partial charge >= 0.3 is 0 Å². The van der Waals surface area contributed by atoms with Crippen LogP contribution in [0.5, 0.6) is 0 Å². The Hall–Kier alpha value is -1.07. The second kappa shape index (κ2) is 6.91. The number of carbonyl (C=O) groups excluding carboxylic acids is 1. The normalized spacial score (nSPS) is 10.8. The molecule has 0 aliphatic carbocycles. The fourth-order valence-corrected chi connectivity index (χ4v) is 3.94. The van der Waals surface area contributed by atoms with Crippen molar-refractivity contribution in [3.8, 4) is 0 Å². The summed E-state index contributed by atoms with van der Waals surface area (Å²) in [6, 6.07) is 8.13. The molecular formula is C14H18N2OS2. The number of thiazole rings is 1. The molecule has 1 amide bonds. The van der Waals surface area contributed by atoms with Crippen molar-refractivity contribution >= 4 is 39.2 Å². The fraction of sp³-hybridized carbons (Fsp3) is 0.429.